The van der Waals surface area contributed by atoms with Gasteiger partial charge in [-0.1, -0.05) is 53.2 Å². The van der Waals surface area contributed by atoms with Crippen LogP contribution in [0.2, 0.25) is 0 Å². The van der Waals surface area contributed by atoms with E-state index in [1.165, 1.54) is 5.56 Å². The molecule has 2 rings (SSSR count). The molecule has 1 heterocycles. The van der Waals surface area contributed by atoms with E-state index in [-0.39, 0.29) is 4.83 Å². The van der Waals surface area contributed by atoms with Crippen molar-refractivity contribution < 1.29 is 4.42 Å². The van der Waals surface area contributed by atoms with E-state index in [4.69, 9.17) is 4.42 Å². The third-order valence-electron chi connectivity index (χ3n) is 2.81. The van der Waals surface area contributed by atoms with Gasteiger partial charge in [-0.15, -0.1) is 10.2 Å². The van der Waals surface area contributed by atoms with Gasteiger partial charge in [-0.2, -0.15) is 0 Å². The molecule has 0 fully saturated rings. The van der Waals surface area contributed by atoms with Gasteiger partial charge < -0.3 is 4.42 Å². The zero-order valence-electron chi connectivity index (χ0n) is 10.5. The van der Waals surface area contributed by atoms with Gasteiger partial charge in [0, 0.05) is 6.42 Å². The lowest BCUT2D eigenvalue weighted by Crippen LogP contribution is -1.90. The van der Waals surface area contributed by atoms with Gasteiger partial charge in [0.25, 0.3) is 0 Å². The standard InChI is InChI=1S/C14H17BrN2O/c1-2-12(15)14-17-16-13(18-14)10-6-9-11-7-4-3-5-8-11/h3-5,7-8,12H,2,6,9-10H2,1H3. The molecule has 0 radical (unpaired) electrons. The zero-order chi connectivity index (χ0) is 12.8. The van der Waals surface area contributed by atoms with E-state index >= 15 is 0 Å². The zero-order valence-corrected chi connectivity index (χ0v) is 12.1. The van der Waals surface area contributed by atoms with E-state index in [0.717, 1.165) is 31.6 Å². The van der Waals surface area contributed by atoms with Crippen LogP contribution >= 0.6 is 15.9 Å². The Hall–Kier alpha value is -1.16. The Morgan fingerprint density at radius 3 is 2.67 bits per heavy atom. The molecule has 1 unspecified atom stereocenters. The average molecular weight is 309 g/mol. The Morgan fingerprint density at radius 2 is 1.94 bits per heavy atom. The van der Waals surface area contributed by atoms with Crippen LogP contribution in [-0.4, -0.2) is 10.2 Å². The smallest absolute Gasteiger partial charge is 0.230 e. The molecule has 3 nitrogen and oxygen atoms in total. The number of rotatable bonds is 6. The van der Waals surface area contributed by atoms with E-state index in [1.807, 2.05) is 6.07 Å². The minimum absolute atomic E-state index is 0.174. The Labute approximate surface area is 116 Å². The van der Waals surface area contributed by atoms with Crippen LogP contribution in [0.3, 0.4) is 0 Å². The highest BCUT2D eigenvalue weighted by Gasteiger charge is 2.13. The number of aromatic nitrogens is 2. The van der Waals surface area contributed by atoms with Crippen LogP contribution in [0.1, 0.15) is 41.9 Å². The number of hydrogen-bond acceptors (Lipinski definition) is 3. The molecule has 96 valence electrons. The molecule has 0 N–H and O–H groups in total. The fraction of sp³-hybridized carbons (Fsp3) is 0.429. The third-order valence-corrected chi connectivity index (χ3v) is 3.85. The quantitative estimate of drug-likeness (QED) is 0.754. The fourth-order valence-electron chi connectivity index (χ4n) is 1.76. The van der Waals surface area contributed by atoms with E-state index in [0.29, 0.717) is 5.89 Å². The summed E-state index contributed by atoms with van der Waals surface area (Å²) in [6, 6.07) is 10.5. The van der Waals surface area contributed by atoms with Gasteiger partial charge in [-0.25, -0.2) is 0 Å². The van der Waals surface area contributed by atoms with Crippen molar-refractivity contribution in [3.63, 3.8) is 0 Å². The minimum atomic E-state index is 0.174. The Bertz CT molecular complexity index is 470. The molecule has 0 aliphatic rings. The normalized spacial score (nSPS) is 12.6. The maximum absolute atomic E-state index is 5.61. The largest absolute Gasteiger partial charge is 0.424 e. The van der Waals surface area contributed by atoms with Crippen LogP contribution in [0.25, 0.3) is 0 Å². The molecule has 4 heteroatoms. The molecule has 1 atom stereocenters. The molecule has 18 heavy (non-hydrogen) atoms. The van der Waals surface area contributed by atoms with Crippen LogP contribution in [-0.2, 0) is 12.8 Å². The van der Waals surface area contributed by atoms with E-state index < -0.39 is 0 Å². The third kappa shape index (κ3) is 3.67. The molecule has 0 aliphatic heterocycles. The van der Waals surface area contributed by atoms with Crippen molar-refractivity contribution in [2.24, 2.45) is 0 Å². The first-order valence-electron chi connectivity index (χ1n) is 6.30. The highest BCUT2D eigenvalue weighted by Crippen LogP contribution is 2.24. The minimum Gasteiger partial charge on any atom is -0.424 e. The first-order valence-corrected chi connectivity index (χ1v) is 7.21. The molecule has 0 saturated carbocycles. The summed E-state index contributed by atoms with van der Waals surface area (Å²) in [6.07, 6.45) is 3.87. The topological polar surface area (TPSA) is 38.9 Å². The molecule has 2 aromatic rings. The number of alkyl halides is 1. The fourth-order valence-corrected chi connectivity index (χ4v) is 1.94. The molecular formula is C14H17BrN2O. The number of halogens is 1. The molecule has 0 saturated heterocycles. The lowest BCUT2D eigenvalue weighted by atomic mass is 10.1. The summed E-state index contributed by atoms with van der Waals surface area (Å²) in [5.74, 6) is 1.42. The van der Waals surface area contributed by atoms with Crippen molar-refractivity contribution in [2.75, 3.05) is 0 Å². The summed E-state index contributed by atoms with van der Waals surface area (Å²) in [5, 5.41) is 8.12. The van der Waals surface area contributed by atoms with Crippen LogP contribution in [0, 0.1) is 0 Å². The van der Waals surface area contributed by atoms with E-state index in [1.54, 1.807) is 0 Å². The number of nitrogens with zero attached hydrogens (tertiary/aromatic N) is 2. The molecule has 0 aliphatic carbocycles. The molecule has 0 amide bonds. The summed E-state index contributed by atoms with van der Waals surface area (Å²) in [6.45, 7) is 2.08. The average Bonchev–Trinajstić information content (AvgIpc) is 2.88. The SMILES string of the molecule is CCC(Br)c1nnc(CCCc2ccccc2)o1. The predicted octanol–water partition coefficient (Wildman–Crippen LogP) is 4.09. The van der Waals surface area contributed by atoms with Crippen LogP contribution in [0.5, 0.6) is 0 Å². The van der Waals surface area contributed by atoms with Crippen molar-refractivity contribution in [2.45, 2.75) is 37.4 Å². The van der Waals surface area contributed by atoms with Crippen molar-refractivity contribution in [1.82, 2.24) is 10.2 Å². The summed E-state index contributed by atoms with van der Waals surface area (Å²) in [5.41, 5.74) is 1.35. The highest BCUT2D eigenvalue weighted by atomic mass is 79.9. The molecule has 0 spiro atoms. The van der Waals surface area contributed by atoms with Crippen LogP contribution in [0.4, 0.5) is 0 Å². The maximum atomic E-state index is 5.61. The van der Waals surface area contributed by atoms with Gasteiger partial charge >= 0.3 is 0 Å². The first kappa shape index (κ1) is 13.3. The van der Waals surface area contributed by atoms with Gasteiger partial charge in [-0.05, 0) is 24.8 Å². The monoisotopic (exact) mass is 308 g/mol. The van der Waals surface area contributed by atoms with Crippen molar-refractivity contribution in [3.8, 4) is 0 Å². The van der Waals surface area contributed by atoms with Gasteiger partial charge in [0.15, 0.2) is 0 Å². The van der Waals surface area contributed by atoms with E-state index in [2.05, 4.69) is 57.3 Å². The van der Waals surface area contributed by atoms with Gasteiger partial charge in [-0.3, -0.25) is 0 Å². The molecule has 0 bridgehead atoms. The van der Waals surface area contributed by atoms with Gasteiger partial charge in [0.2, 0.25) is 11.8 Å². The van der Waals surface area contributed by atoms with Crippen molar-refractivity contribution in [3.05, 3.63) is 47.7 Å². The molecule has 1 aromatic heterocycles. The summed E-state index contributed by atoms with van der Waals surface area (Å²) >= 11 is 3.51. The number of benzene rings is 1. The second-order valence-corrected chi connectivity index (χ2v) is 5.35. The second kappa shape index (κ2) is 6.69. The Kier molecular flexibility index (Phi) is 4.93. The number of hydrogen-bond donors (Lipinski definition) is 0. The summed E-state index contributed by atoms with van der Waals surface area (Å²) in [4.78, 5) is 0.174. The maximum Gasteiger partial charge on any atom is 0.230 e. The van der Waals surface area contributed by atoms with Crippen molar-refractivity contribution in [1.29, 1.82) is 0 Å². The molecule has 1 aromatic carbocycles. The summed E-state index contributed by atoms with van der Waals surface area (Å²) < 4.78 is 5.61. The Balaban J connectivity index is 1.82. The number of aryl methyl sites for hydroxylation is 2. The van der Waals surface area contributed by atoms with Crippen molar-refractivity contribution >= 4 is 15.9 Å². The van der Waals surface area contributed by atoms with Gasteiger partial charge in [0.1, 0.15) is 0 Å². The lowest BCUT2D eigenvalue weighted by molar-refractivity contribution is 0.441. The second-order valence-electron chi connectivity index (χ2n) is 4.25. The molecular weight excluding hydrogens is 292 g/mol. The predicted molar refractivity (Wildman–Crippen MR) is 74.7 cm³/mol. The van der Waals surface area contributed by atoms with E-state index in [9.17, 15) is 0 Å². The first-order chi connectivity index (χ1) is 8.79. The Morgan fingerprint density at radius 1 is 1.17 bits per heavy atom. The van der Waals surface area contributed by atoms with Crippen LogP contribution in [0.15, 0.2) is 34.7 Å². The highest BCUT2D eigenvalue weighted by molar-refractivity contribution is 9.09. The van der Waals surface area contributed by atoms with Gasteiger partial charge in [0.05, 0.1) is 4.83 Å². The van der Waals surface area contributed by atoms with Crippen LogP contribution < -0.4 is 0 Å². The lowest BCUT2D eigenvalue weighted by Gasteiger charge is -1.99. The summed E-state index contributed by atoms with van der Waals surface area (Å²) in [7, 11) is 0.